The SMILES string of the molecule is C=C(C(=O)NC(C)CN1CC(C)N(CO)C1=O)C(=O)OC. The van der Waals surface area contributed by atoms with Gasteiger partial charge in [-0.25, -0.2) is 9.59 Å². The lowest BCUT2D eigenvalue weighted by Gasteiger charge is -2.22. The van der Waals surface area contributed by atoms with Crippen LogP contribution in [0.25, 0.3) is 0 Å². The van der Waals surface area contributed by atoms with Crippen LogP contribution in [-0.4, -0.2) is 71.8 Å². The summed E-state index contributed by atoms with van der Waals surface area (Å²) in [6, 6.07) is -0.734. The molecule has 1 rings (SSSR count). The van der Waals surface area contributed by atoms with E-state index in [1.807, 2.05) is 6.92 Å². The molecule has 3 amide bonds. The summed E-state index contributed by atoms with van der Waals surface area (Å²) in [4.78, 5) is 37.7. The summed E-state index contributed by atoms with van der Waals surface area (Å²) < 4.78 is 4.41. The number of rotatable bonds is 6. The Bertz CT molecular complexity index is 451. The van der Waals surface area contributed by atoms with Gasteiger partial charge in [-0.3, -0.25) is 9.69 Å². The van der Waals surface area contributed by atoms with Crippen LogP contribution in [0.15, 0.2) is 12.2 Å². The minimum atomic E-state index is -0.794. The lowest BCUT2D eigenvalue weighted by Crippen LogP contribution is -2.44. The first-order valence-corrected chi connectivity index (χ1v) is 6.56. The Morgan fingerprint density at radius 2 is 2.19 bits per heavy atom. The van der Waals surface area contributed by atoms with Crippen molar-refractivity contribution in [1.82, 2.24) is 15.1 Å². The zero-order valence-corrected chi connectivity index (χ0v) is 12.5. The Morgan fingerprint density at radius 3 is 2.67 bits per heavy atom. The van der Waals surface area contributed by atoms with Gasteiger partial charge in [0.15, 0.2) is 0 Å². The standard InChI is InChI=1S/C13H21N3O5/c1-8(14-11(18)10(3)12(19)21-4)5-15-6-9(2)16(7-17)13(15)20/h8-9,17H,3,5-7H2,1-2,4H3,(H,14,18). The van der Waals surface area contributed by atoms with Crippen molar-refractivity contribution < 1.29 is 24.2 Å². The molecule has 0 aromatic carbocycles. The van der Waals surface area contributed by atoms with Gasteiger partial charge in [0, 0.05) is 19.1 Å². The Hall–Kier alpha value is -2.09. The molecule has 2 atom stereocenters. The van der Waals surface area contributed by atoms with Crippen molar-refractivity contribution in [2.45, 2.75) is 25.9 Å². The van der Waals surface area contributed by atoms with Gasteiger partial charge in [-0.1, -0.05) is 6.58 Å². The predicted octanol–water partition coefficient (Wildman–Crippen LogP) is -0.704. The van der Waals surface area contributed by atoms with Crippen molar-refractivity contribution in [3.05, 3.63) is 12.2 Å². The quantitative estimate of drug-likeness (QED) is 0.292. The van der Waals surface area contributed by atoms with E-state index in [9.17, 15) is 14.4 Å². The van der Waals surface area contributed by atoms with Crippen LogP contribution in [0.3, 0.4) is 0 Å². The Balaban J connectivity index is 2.53. The molecule has 2 unspecified atom stereocenters. The largest absolute Gasteiger partial charge is 0.465 e. The van der Waals surface area contributed by atoms with E-state index in [2.05, 4.69) is 16.6 Å². The van der Waals surface area contributed by atoms with E-state index in [4.69, 9.17) is 5.11 Å². The molecular weight excluding hydrogens is 278 g/mol. The molecule has 1 heterocycles. The fourth-order valence-electron chi connectivity index (χ4n) is 2.12. The molecule has 0 bridgehead atoms. The maximum atomic E-state index is 11.9. The molecule has 8 nitrogen and oxygen atoms in total. The third kappa shape index (κ3) is 3.94. The minimum Gasteiger partial charge on any atom is -0.465 e. The highest BCUT2D eigenvalue weighted by atomic mass is 16.5. The lowest BCUT2D eigenvalue weighted by atomic mass is 10.2. The number of hydrogen-bond donors (Lipinski definition) is 2. The summed E-state index contributed by atoms with van der Waals surface area (Å²) in [5, 5.41) is 11.7. The van der Waals surface area contributed by atoms with E-state index in [0.29, 0.717) is 6.54 Å². The number of carbonyl (C=O) groups is 3. The Morgan fingerprint density at radius 1 is 1.57 bits per heavy atom. The number of nitrogens with zero attached hydrogens (tertiary/aromatic N) is 2. The normalized spacial score (nSPS) is 19.4. The van der Waals surface area contributed by atoms with Crippen molar-refractivity contribution in [2.24, 2.45) is 0 Å². The minimum absolute atomic E-state index is 0.0876. The second-order valence-electron chi connectivity index (χ2n) is 4.99. The second kappa shape index (κ2) is 7.07. The first-order chi connectivity index (χ1) is 9.81. The number of carbonyl (C=O) groups excluding carboxylic acids is 3. The third-order valence-corrected chi connectivity index (χ3v) is 3.26. The number of nitrogens with one attached hydrogen (secondary N) is 1. The molecule has 0 saturated carbocycles. The molecule has 0 spiro atoms. The highest BCUT2D eigenvalue weighted by Gasteiger charge is 2.34. The maximum absolute atomic E-state index is 11.9. The van der Waals surface area contributed by atoms with Crippen LogP contribution in [0, 0.1) is 0 Å². The Labute approximate surface area is 123 Å². The van der Waals surface area contributed by atoms with Crippen molar-refractivity contribution in [3.63, 3.8) is 0 Å². The van der Waals surface area contributed by atoms with Crippen molar-refractivity contribution in [2.75, 3.05) is 26.9 Å². The van der Waals surface area contributed by atoms with E-state index in [1.54, 1.807) is 6.92 Å². The van der Waals surface area contributed by atoms with E-state index in [1.165, 1.54) is 9.80 Å². The first kappa shape index (κ1) is 17.0. The zero-order chi connectivity index (χ0) is 16.2. The van der Waals surface area contributed by atoms with Crippen molar-refractivity contribution >= 4 is 17.9 Å². The number of urea groups is 1. The summed E-state index contributed by atoms with van der Waals surface area (Å²) in [5.74, 6) is -1.43. The summed E-state index contributed by atoms with van der Waals surface area (Å²) in [6.45, 7) is 7.30. The monoisotopic (exact) mass is 299 g/mol. The predicted molar refractivity (Wildman–Crippen MR) is 74.1 cm³/mol. The van der Waals surface area contributed by atoms with E-state index >= 15 is 0 Å². The lowest BCUT2D eigenvalue weighted by molar-refractivity contribution is -0.138. The highest BCUT2D eigenvalue weighted by Crippen LogP contribution is 2.14. The van der Waals surface area contributed by atoms with Crippen molar-refractivity contribution in [3.8, 4) is 0 Å². The maximum Gasteiger partial charge on any atom is 0.342 e. The molecule has 1 saturated heterocycles. The van der Waals surface area contributed by atoms with Crippen LogP contribution in [0.5, 0.6) is 0 Å². The number of esters is 1. The average molecular weight is 299 g/mol. The fraction of sp³-hybridized carbons (Fsp3) is 0.615. The van der Waals surface area contributed by atoms with Gasteiger partial charge in [0.2, 0.25) is 0 Å². The van der Waals surface area contributed by atoms with E-state index < -0.39 is 11.9 Å². The first-order valence-electron chi connectivity index (χ1n) is 6.56. The molecule has 1 aliphatic heterocycles. The number of ether oxygens (including phenoxy) is 1. The smallest absolute Gasteiger partial charge is 0.342 e. The average Bonchev–Trinajstić information content (AvgIpc) is 2.70. The molecule has 2 N–H and O–H groups in total. The van der Waals surface area contributed by atoms with Gasteiger partial charge >= 0.3 is 12.0 Å². The van der Waals surface area contributed by atoms with Crippen LogP contribution in [0.1, 0.15) is 13.8 Å². The zero-order valence-electron chi connectivity index (χ0n) is 12.5. The van der Waals surface area contributed by atoms with Crippen LogP contribution >= 0.6 is 0 Å². The summed E-state index contributed by atoms with van der Waals surface area (Å²) in [5.41, 5.74) is -0.289. The van der Waals surface area contributed by atoms with Gasteiger partial charge in [0.05, 0.1) is 13.2 Å². The molecular formula is C13H21N3O5. The molecule has 0 aromatic heterocycles. The van der Waals surface area contributed by atoms with Gasteiger partial charge in [0.25, 0.3) is 5.91 Å². The highest BCUT2D eigenvalue weighted by molar-refractivity contribution is 6.15. The molecule has 21 heavy (non-hydrogen) atoms. The molecule has 118 valence electrons. The molecule has 8 heteroatoms. The molecule has 0 aromatic rings. The molecule has 0 radical (unpaired) electrons. The van der Waals surface area contributed by atoms with Gasteiger partial charge in [-0.05, 0) is 13.8 Å². The van der Waals surface area contributed by atoms with E-state index in [-0.39, 0.29) is 37.0 Å². The molecule has 1 aliphatic rings. The van der Waals surface area contributed by atoms with Crippen LogP contribution in [0.2, 0.25) is 0 Å². The number of aliphatic hydroxyl groups is 1. The van der Waals surface area contributed by atoms with Crippen LogP contribution in [-0.2, 0) is 14.3 Å². The third-order valence-electron chi connectivity index (χ3n) is 3.26. The number of amides is 3. The fourth-order valence-corrected chi connectivity index (χ4v) is 2.12. The van der Waals surface area contributed by atoms with Crippen molar-refractivity contribution in [1.29, 1.82) is 0 Å². The summed E-state index contributed by atoms with van der Waals surface area (Å²) >= 11 is 0. The van der Waals surface area contributed by atoms with Crippen LogP contribution in [0.4, 0.5) is 4.79 Å². The molecule has 1 fully saturated rings. The van der Waals surface area contributed by atoms with Gasteiger partial charge < -0.3 is 20.1 Å². The second-order valence-corrected chi connectivity index (χ2v) is 4.99. The topological polar surface area (TPSA) is 99.2 Å². The van der Waals surface area contributed by atoms with Gasteiger partial charge in [-0.2, -0.15) is 0 Å². The summed E-state index contributed by atoms with van der Waals surface area (Å²) in [7, 11) is 1.16. The number of aliphatic hydroxyl groups excluding tert-OH is 1. The molecule has 0 aliphatic carbocycles. The van der Waals surface area contributed by atoms with E-state index in [0.717, 1.165) is 7.11 Å². The van der Waals surface area contributed by atoms with Gasteiger partial charge in [0.1, 0.15) is 12.3 Å². The number of methoxy groups -OCH3 is 1. The number of hydrogen-bond acceptors (Lipinski definition) is 5. The van der Waals surface area contributed by atoms with Crippen LogP contribution < -0.4 is 5.32 Å². The summed E-state index contributed by atoms with van der Waals surface area (Å²) in [6.07, 6.45) is 0. The Kier molecular flexibility index (Phi) is 5.71. The van der Waals surface area contributed by atoms with Gasteiger partial charge in [-0.15, -0.1) is 0 Å².